The molecule has 0 aliphatic rings. The van der Waals surface area contributed by atoms with Gasteiger partial charge < -0.3 is 20.8 Å². The Hall–Kier alpha value is -2.19. The molecule has 0 heterocycles. The largest absolute Gasteiger partial charge is 3.00 e. The van der Waals surface area contributed by atoms with Gasteiger partial charge in [0.15, 0.2) is 0 Å². The fourth-order valence-corrected chi connectivity index (χ4v) is 1.77. The Morgan fingerprint density at radius 2 is 1.15 bits per heavy atom. The summed E-state index contributed by atoms with van der Waals surface area (Å²) in [7, 11) is 0. The SMILES string of the molecule is CCN(CC)CC[NH-].[Co+3].[OH+]=c1cccccc1[OH2+].[OH+]=c1cccccc1[OH2+]. The molecule has 2 aromatic rings. The second kappa shape index (κ2) is 17.2. The first-order chi connectivity index (χ1) is 12.5. The minimum absolute atomic E-state index is 0. The van der Waals surface area contributed by atoms with Crippen LogP contribution in [0, 0.1) is 0 Å². The first kappa shape index (κ1) is 27.0. The fourth-order valence-electron chi connectivity index (χ4n) is 1.77. The zero-order valence-corrected chi connectivity index (χ0v) is 16.8. The number of likely N-dealkylation sites (N-methyl/N-ethyl adjacent to an activating group) is 1. The van der Waals surface area contributed by atoms with E-state index in [9.17, 15) is 0 Å². The van der Waals surface area contributed by atoms with E-state index in [1.54, 1.807) is 36.4 Å². The van der Waals surface area contributed by atoms with Crippen molar-refractivity contribution in [3.05, 3.63) is 77.3 Å². The Bertz CT molecular complexity index is 684. The van der Waals surface area contributed by atoms with E-state index in [0.717, 1.165) is 19.6 Å². The Kier molecular flexibility index (Phi) is 17.3. The molecule has 0 bridgehead atoms. The van der Waals surface area contributed by atoms with Crippen LogP contribution in [0.15, 0.2) is 60.7 Å². The van der Waals surface area contributed by atoms with Gasteiger partial charge in [0.25, 0.3) is 0 Å². The van der Waals surface area contributed by atoms with E-state index >= 15 is 0 Å². The molecule has 6 nitrogen and oxygen atoms in total. The minimum atomic E-state index is 0. The van der Waals surface area contributed by atoms with Gasteiger partial charge in [-0.1, -0.05) is 50.2 Å². The fraction of sp³-hybridized carbons (Fsp3) is 0.300. The molecule has 27 heavy (non-hydrogen) atoms. The maximum atomic E-state index is 8.89. The van der Waals surface area contributed by atoms with E-state index in [0.29, 0.717) is 6.54 Å². The maximum Gasteiger partial charge on any atom is 3.00 e. The van der Waals surface area contributed by atoms with Crippen molar-refractivity contribution in [3.8, 4) is 11.5 Å². The first-order valence-corrected chi connectivity index (χ1v) is 8.49. The minimum Gasteiger partial charge on any atom is -0.676 e. The van der Waals surface area contributed by atoms with Crippen LogP contribution >= 0.6 is 0 Å². The molecule has 0 amide bonds. The third-order valence-corrected chi connectivity index (χ3v) is 3.35. The van der Waals surface area contributed by atoms with E-state index in [4.69, 9.17) is 25.5 Å². The van der Waals surface area contributed by atoms with Crippen LogP contribution in [-0.2, 0) is 16.8 Å². The van der Waals surface area contributed by atoms with Gasteiger partial charge in [0.2, 0.25) is 0 Å². The summed E-state index contributed by atoms with van der Waals surface area (Å²) >= 11 is 0. The van der Waals surface area contributed by atoms with Crippen molar-refractivity contribution < 1.29 is 36.6 Å². The van der Waals surface area contributed by atoms with E-state index in [1.807, 2.05) is 0 Å². The zero-order valence-electron chi connectivity index (χ0n) is 15.8. The normalized spacial score (nSPS) is 9.04. The van der Waals surface area contributed by atoms with E-state index in [2.05, 4.69) is 18.7 Å². The molecule has 0 aromatic heterocycles. The number of nitrogens with one attached hydrogen (secondary N) is 1. The van der Waals surface area contributed by atoms with Crippen LogP contribution in [0.5, 0.6) is 11.5 Å². The van der Waals surface area contributed by atoms with Crippen molar-refractivity contribution in [2.24, 2.45) is 0 Å². The van der Waals surface area contributed by atoms with Crippen molar-refractivity contribution in [2.75, 3.05) is 26.2 Å². The van der Waals surface area contributed by atoms with Gasteiger partial charge in [-0.2, -0.15) is 0 Å². The molecule has 0 atom stereocenters. The summed E-state index contributed by atoms with van der Waals surface area (Å²) in [4.78, 5) is 20.0. The molecule has 2 rings (SSSR count). The van der Waals surface area contributed by atoms with Crippen LogP contribution < -0.4 is 10.9 Å². The summed E-state index contributed by atoms with van der Waals surface area (Å²) in [6.45, 7) is 7.86. The summed E-state index contributed by atoms with van der Waals surface area (Å²) in [6, 6.07) is 16.4. The van der Waals surface area contributed by atoms with Crippen molar-refractivity contribution in [2.45, 2.75) is 13.8 Å². The molecule has 148 valence electrons. The molecule has 7 heteroatoms. The molecule has 0 saturated heterocycles. The van der Waals surface area contributed by atoms with Gasteiger partial charge in [-0.25, -0.2) is 0 Å². The van der Waals surface area contributed by atoms with Gasteiger partial charge in [0.1, 0.15) is 0 Å². The Morgan fingerprint density at radius 3 is 1.44 bits per heavy atom. The summed E-state index contributed by atoms with van der Waals surface area (Å²) in [6.07, 6.45) is 0. The van der Waals surface area contributed by atoms with Crippen LogP contribution in [0.4, 0.5) is 0 Å². The molecule has 0 spiro atoms. The number of hydrogen-bond donors (Lipinski definition) is 0. The number of nitrogens with zero attached hydrogens (tertiary/aromatic N) is 1. The average molecular weight is 422 g/mol. The number of rotatable bonds is 4. The van der Waals surface area contributed by atoms with Crippen LogP contribution in [-0.4, -0.2) is 50.9 Å². The van der Waals surface area contributed by atoms with Crippen molar-refractivity contribution in [1.29, 1.82) is 0 Å². The van der Waals surface area contributed by atoms with Crippen molar-refractivity contribution >= 4 is 0 Å². The topological polar surface area (TPSA) is 116 Å². The maximum absolute atomic E-state index is 8.89. The Labute approximate surface area is 170 Å². The van der Waals surface area contributed by atoms with Gasteiger partial charge in [-0.3, -0.25) is 9.59 Å². The first-order valence-electron chi connectivity index (χ1n) is 8.49. The molecule has 0 fully saturated rings. The van der Waals surface area contributed by atoms with Crippen molar-refractivity contribution in [3.63, 3.8) is 0 Å². The van der Waals surface area contributed by atoms with Crippen LogP contribution in [0.2, 0.25) is 0 Å². The third-order valence-electron chi connectivity index (χ3n) is 3.35. The summed E-state index contributed by atoms with van der Waals surface area (Å²) in [5.74, 6) is 0.306. The molecule has 7 N–H and O–H groups in total. The van der Waals surface area contributed by atoms with E-state index in [-0.39, 0.29) is 39.1 Å². The summed E-state index contributed by atoms with van der Waals surface area (Å²) in [5, 5.41) is 14.2. The van der Waals surface area contributed by atoms with Gasteiger partial charge in [-0.15, -0.1) is 6.54 Å². The average Bonchev–Trinajstić information content (AvgIpc) is 2.95. The molecular weight excluding hydrogens is 391 g/mol. The predicted octanol–water partition coefficient (Wildman–Crippen LogP) is 1.64. The zero-order chi connectivity index (χ0) is 19.8. The molecule has 2 aromatic carbocycles. The third kappa shape index (κ3) is 13.6. The summed E-state index contributed by atoms with van der Waals surface area (Å²) in [5.41, 5.74) is 6.93. The van der Waals surface area contributed by atoms with Crippen molar-refractivity contribution in [1.82, 2.24) is 4.90 Å². The summed E-state index contributed by atoms with van der Waals surface area (Å²) < 4.78 is 0. The van der Waals surface area contributed by atoms with Crippen LogP contribution in [0.3, 0.4) is 0 Å². The Balaban J connectivity index is 0. The Morgan fingerprint density at radius 1 is 0.778 bits per heavy atom. The smallest absolute Gasteiger partial charge is 0.676 e. The van der Waals surface area contributed by atoms with Gasteiger partial charge in [-0.05, 0) is 19.6 Å². The van der Waals surface area contributed by atoms with Crippen LogP contribution in [0.25, 0.3) is 5.73 Å². The van der Waals surface area contributed by atoms with E-state index in [1.165, 1.54) is 24.3 Å². The van der Waals surface area contributed by atoms with Crippen LogP contribution in [0.1, 0.15) is 13.8 Å². The molecule has 0 aliphatic carbocycles. The van der Waals surface area contributed by atoms with Gasteiger partial charge >= 0.3 is 39.1 Å². The second-order valence-corrected chi connectivity index (χ2v) is 5.20. The van der Waals surface area contributed by atoms with E-state index < -0.39 is 0 Å². The quantitative estimate of drug-likeness (QED) is 0.685. The predicted molar refractivity (Wildman–Crippen MR) is 106 cm³/mol. The standard InChI is InChI=1S/2C7H6O2.C6H15N2.Co/c2*8-6-4-2-1-3-5-7(6)9;1-3-8(4-2)6-5-7;/h2*1-5H,(H,8,9);7H,3-6H2,1-2H3;/q;;-1;+3/p+4. The molecule has 0 radical (unpaired) electrons. The molecule has 0 unspecified atom stereocenters. The second-order valence-electron chi connectivity index (χ2n) is 5.20. The van der Waals surface area contributed by atoms with Gasteiger partial charge in [0.05, 0.1) is 12.1 Å². The molecule has 0 aliphatic heterocycles. The molecule has 0 saturated carbocycles. The molecular formula is C20H31CoN2O4+6. The monoisotopic (exact) mass is 422 g/mol. The van der Waals surface area contributed by atoms with Gasteiger partial charge in [0, 0.05) is 12.1 Å². The number of hydrogen-bond acceptors (Lipinski definition) is 1.